The summed E-state index contributed by atoms with van der Waals surface area (Å²) in [5.41, 5.74) is 0. The molecule has 0 aromatic rings. The third-order valence-corrected chi connectivity index (χ3v) is 1.73. The normalized spacial score (nSPS) is 9.38. The van der Waals surface area contributed by atoms with Gasteiger partial charge in [-0.3, -0.25) is 9.80 Å². The number of hydrogen-bond donors (Lipinski definition) is 0. The number of esters is 1. The van der Waals surface area contributed by atoms with E-state index in [9.17, 15) is 9.70 Å². The minimum atomic E-state index is -0.179. The van der Waals surface area contributed by atoms with Crippen LogP contribution < -0.4 is 0 Å². The van der Waals surface area contributed by atoms with Gasteiger partial charge in [0.1, 0.15) is 0 Å². The fourth-order valence-corrected chi connectivity index (χ4v) is 0.930. The summed E-state index contributed by atoms with van der Waals surface area (Å²) in [6.45, 7) is 0.644. The molecule has 13 heavy (non-hydrogen) atoms. The first-order valence-corrected chi connectivity index (χ1v) is 4.32. The molecule has 0 bridgehead atoms. The summed E-state index contributed by atoms with van der Waals surface area (Å²) in [6, 6.07) is 0. The standard InChI is InChI=1S/C8H16N2O3/c1-10(9-12)7-5-3-4-6-8(11)13-2/h3-7H2,1-2H3. The molecular weight excluding hydrogens is 172 g/mol. The van der Waals surface area contributed by atoms with Crippen molar-refractivity contribution in [3.8, 4) is 0 Å². The monoisotopic (exact) mass is 188 g/mol. The molecule has 0 aromatic carbocycles. The molecule has 0 aliphatic heterocycles. The van der Waals surface area contributed by atoms with Gasteiger partial charge >= 0.3 is 5.97 Å². The Hall–Kier alpha value is -1.13. The van der Waals surface area contributed by atoms with Gasteiger partial charge in [-0.25, -0.2) is 0 Å². The first kappa shape index (κ1) is 11.9. The van der Waals surface area contributed by atoms with E-state index >= 15 is 0 Å². The molecule has 0 unspecified atom stereocenters. The van der Waals surface area contributed by atoms with E-state index in [1.165, 1.54) is 12.1 Å². The third kappa shape index (κ3) is 7.24. The van der Waals surface area contributed by atoms with Crippen LogP contribution in [0.3, 0.4) is 0 Å². The van der Waals surface area contributed by atoms with E-state index in [1.54, 1.807) is 7.05 Å². The van der Waals surface area contributed by atoms with Gasteiger partial charge in [0.2, 0.25) is 0 Å². The van der Waals surface area contributed by atoms with Gasteiger partial charge in [0.05, 0.1) is 12.4 Å². The van der Waals surface area contributed by atoms with Crippen molar-refractivity contribution >= 4 is 5.97 Å². The molecule has 76 valence electrons. The van der Waals surface area contributed by atoms with Crippen molar-refractivity contribution in [2.45, 2.75) is 25.7 Å². The lowest BCUT2D eigenvalue weighted by Gasteiger charge is -2.06. The van der Waals surface area contributed by atoms with E-state index in [-0.39, 0.29) is 5.97 Å². The Balaban J connectivity index is 3.17. The van der Waals surface area contributed by atoms with Crippen LogP contribution in [0.1, 0.15) is 25.7 Å². The smallest absolute Gasteiger partial charge is 0.305 e. The number of carbonyl (C=O) groups is 1. The van der Waals surface area contributed by atoms with Crippen LogP contribution in [0.15, 0.2) is 5.29 Å². The molecule has 0 saturated carbocycles. The molecule has 0 aliphatic carbocycles. The van der Waals surface area contributed by atoms with Crippen molar-refractivity contribution in [1.82, 2.24) is 5.01 Å². The van der Waals surface area contributed by atoms with Crippen molar-refractivity contribution in [1.29, 1.82) is 0 Å². The van der Waals surface area contributed by atoms with Crippen molar-refractivity contribution in [2.75, 3.05) is 20.7 Å². The van der Waals surface area contributed by atoms with E-state index in [2.05, 4.69) is 10.0 Å². The molecule has 0 N–H and O–H groups in total. The van der Waals surface area contributed by atoms with Crippen molar-refractivity contribution in [3.05, 3.63) is 4.91 Å². The number of hydrogen-bond acceptors (Lipinski definition) is 4. The van der Waals surface area contributed by atoms with Crippen LogP contribution in [-0.2, 0) is 9.53 Å². The molecule has 5 nitrogen and oxygen atoms in total. The summed E-state index contributed by atoms with van der Waals surface area (Å²) in [5, 5.41) is 4.07. The molecule has 0 heterocycles. The number of carbonyl (C=O) groups excluding carboxylic acids is 1. The van der Waals surface area contributed by atoms with Crippen LogP contribution in [-0.4, -0.2) is 31.7 Å². The molecular formula is C8H16N2O3. The lowest BCUT2D eigenvalue weighted by molar-refractivity contribution is -0.140. The maximum Gasteiger partial charge on any atom is 0.305 e. The van der Waals surface area contributed by atoms with Crippen LogP contribution in [0.2, 0.25) is 0 Å². The highest BCUT2D eigenvalue weighted by molar-refractivity contribution is 5.68. The average molecular weight is 188 g/mol. The summed E-state index contributed by atoms with van der Waals surface area (Å²) in [7, 11) is 3.01. The van der Waals surface area contributed by atoms with E-state index in [0.29, 0.717) is 13.0 Å². The topological polar surface area (TPSA) is 59.0 Å². The molecule has 5 heteroatoms. The van der Waals surface area contributed by atoms with E-state index < -0.39 is 0 Å². The Morgan fingerprint density at radius 1 is 1.38 bits per heavy atom. The molecule has 0 saturated heterocycles. The zero-order valence-electron chi connectivity index (χ0n) is 8.15. The average Bonchev–Trinajstić information content (AvgIpc) is 2.16. The number of methoxy groups -OCH3 is 1. The summed E-state index contributed by atoms with van der Waals surface area (Å²) >= 11 is 0. The maximum atomic E-state index is 10.7. The Morgan fingerprint density at radius 3 is 2.62 bits per heavy atom. The molecule has 0 radical (unpaired) electrons. The lowest BCUT2D eigenvalue weighted by Crippen LogP contribution is -2.11. The number of ether oxygens (including phenoxy) is 1. The zero-order chi connectivity index (χ0) is 10.1. The van der Waals surface area contributed by atoms with Crippen molar-refractivity contribution < 1.29 is 9.53 Å². The predicted octanol–water partition coefficient (Wildman–Crippen LogP) is 1.33. The van der Waals surface area contributed by atoms with Gasteiger partial charge in [0.15, 0.2) is 0 Å². The Labute approximate surface area is 78.0 Å². The Kier molecular flexibility index (Phi) is 6.86. The first-order valence-electron chi connectivity index (χ1n) is 4.32. The highest BCUT2D eigenvalue weighted by Crippen LogP contribution is 2.01. The quantitative estimate of drug-likeness (QED) is 0.262. The van der Waals surface area contributed by atoms with E-state index in [0.717, 1.165) is 19.3 Å². The Bertz CT molecular complexity index is 161. The van der Waals surface area contributed by atoms with Crippen LogP contribution in [0.4, 0.5) is 0 Å². The van der Waals surface area contributed by atoms with E-state index in [4.69, 9.17) is 0 Å². The third-order valence-electron chi connectivity index (χ3n) is 1.73. The second-order valence-electron chi connectivity index (χ2n) is 2.85. The Morgan fingerprint density at radius 2 is 2.08 bits per heavy atom. The van der Waals surface area contributed by atoms with Crippen molar-refractivity contribution in [3.63, 3.8) is 0 Å². The summed E-state index contributed by atoms with van der Waals surface area (Å²) in [6.07, 6.45) is 3.04. The second kappa shape index (κ2) is 7.52. The van der Waals surface area contributed by atoms with Crippen LogP contribution in [0, 0.1) is 4.91 Å². The summed E-state index contributed by atoms with van der Waals surface area (Å²) in [4.78, 5) is 20.6. The molecule has 0 aliphatic rings. The second-order valence-corrected chi connectivity index (χ2v) is 2.85. The van der Waals surface area contributed by atoms with Crippen LogP contribution >= 0.6 is 0 Å². The zero-order valence-corrected chi connectivity index (χ0v) is 8.15. The van der Waals surface area contributed by atoms with Gasteiger partial charge in [-0.05, 0) is 12.8 Å². The van der Waals surface area contributed by atoms with Gasteiger partial charge in [-0.2, -0.15) is 0 Å². The van der Waals surface area contributed by atoms with Gasteiger partial charge < -0.3 is 4.74 Å². The summed E-state index contributed by atoms with van der Waals surface area (Å²) in [5.74, 6) is -0.179. The number of nitroso groups, excluding NO2 is 1. The van der Waals surface area contributed by atoms with Crippen molar-refractivity contribution in [2.24, 2.45) is 5.29 Å². The fraction of sp³-hybridized carbons (Fsp3) is 0.875. The van der Waals surface area contributed by atoms with Crippen LogP contribution in [0.25, 0.3) is 0 Å². The van der Waals surface area contributed by atoms with Crippen LogP contribution in [0.5, 0.6) is 0 Å². The molecule has 0 atom stereocenters. The molecule has 0 spiro atoms. The minimum Gasteiger partial charge on any atom is -0.469 e. The van der Waals surface area contributed by atoms with Gasteiger partial charge in [-0.1, -0.05) is 6.42 Å². The van der Waals surface area contributed by atoms with Gasteiger partial charge in [-0.15, -0.1) is 4.91 Å². The first-order chi connectivity index (χ1) is 6.20. The highest BCUT2D eigenvalue weighted by Gasteiger charge is 1.99. The largest absolute Gasteiger partial charge is 0.469 e. The predicted molar refractivity (Wildman–Crippen MR) is 48.9 cm³/mol. The molecule has 0 aromatic heterocycles. The SMILES string of the molecule is COC(=O)CCCCCN(C)N=O. The highest BCUT2D eigenvalue weighted by atomic mass is 16.5. The molecule has 0 amide bonds. The molecule has 0 rings (SSSR count). The number of nitrogens with zero attached hydrogens (tertiary/aromatic N) is 2. The molecule has 0 fully saturated rings. The summed E-state index contributed by atoms with van der Waals surface area (Å²) < 4.78 is 4.48. The minimum absolute atomic E-state index is 0.179. The lowest BCUT2D eigenvalue weighted by atomic mass is 10.2. The van der Waals surface area contributed by atoms with E-state index in [1.807, 2.05) is 0 Å². The maximum absolute atomic E-state index is 10.7. The number of unbranched alkanes of at least 4 members (excludes halogenated alkanes) is 2. The number of rotatable bonds is 7. The fourth-order valence-electron chi connectivity index (χ4n) is 0.930. The van der Waals surface area contributed by atoms with Gasteiger partial charge in [0.25, 0.3) is 0 Å². The van der Waals surface area contributed by atoms with Gasteiger partial charge in [0, 0.05) is 20.0 Å².